The lowest BCUT2D eigenvalue weighted by Gasteiger charge is -2.19. The van der Waals surface area contributed by atoms with Crippen LogP contribution in [0.5, 0.6) is 5.75 Å². The predicted molar refractivity (Wildman–Crippen MR) is 82.4 cm³/mol. The van der Waals surface area contributed by atoms with E-state index in [1.54, 1.807) is 0 Å². The summed E-state index contributed by atoms with van der Waals surface area (Å²) in [7, 11) is 0. The Bertz CT molecular complexity index is 443. The second-order valence-corrected chi connectivity index (χ2v) is 5.64. The zero-order valence-corrected chi connectivity index (χ0v) is 13.1. The summed E-state index contributed by atoms with van der Waals surface area (Å²) >= 11 is 0. The second kappa shape index (κ2) is 8.47. The summed E-state index contributed by atoms with van der Waals surface area (Å²) in [6.45, 7) is 11.0. The first-order valence-corrected chi connectivity index (χ1v) is 7.05. The number of carbonyl (C=O) groups is 1. The zero-order valence-electron chi connectivity index (χ0n) is 13.1. The van der Waals surface area contributed by atoms with Gasteiger partial charge in [0.1, 0.15) is 12.4 Å². The summed E-state index contributed by atoms with van der Waals surface area (Å²) in [5, 5.41) is 0. The van der Waals surface area contributed by atoms with Gasteiger partial charge in [-0.25, -0.2) is 0 Å². The molecule has 0 radical (unpaired) electrons. The van der Waals surface area contributed by atoms with Crippen LogP contribution in [-0.4, -0.2) is 25.8 Å². The number of ether oxygens (including phenoxy) is 3. The SMILES string of the molecule is C=COC(=O)CCOCCOc1ccc(C(C)(C)C)cc1. The average molecular weight is 292 g/mol. The molecule has 116 valence electrons. The van der Waals surface area contributed by atoms with Crippen LogP contribution >= 0.6 is 0 Å². The number of rotatable bonds is 8. The fraction of sp³-hybridized carbons (Fsp3) is 0.471. The molecule has 21 heavy (non-hydrogen) atoms. The molecule has 0 saturated carbocycles. The highest BCUT2D eigenvalue weighted by Crippen LogP contribution is 2.24. The van der Waals surface area contributed by atoms with Crippen LogP contribution in [0.3, 0.4) is 0 Å². The topological polar surface area (TPSA) is 44.8 Å². The lowest BCUT2D eigenvalue weighted by molar-refractivity contribution is -0.139. The maximum atomic E-state index is 11.0. The summed E-state index contributed by atoms with van der Waals surface area (Å²) in [6, 6.07) is 8.06. The summed E-state index contributed by atoms with van der Waals surface area (Å²) in [5.41, 5.74) is 1.41. The first kappa shape index (κ1) is 17.2. The van der Waals surface area contributed by atoms with Crippen LogP contribution < -0.4 is 4.74 Å². The minimum atomic E-state index is -0.344. The number of esters is 1. The third-order valence-corrected chi connectivity index (χ3v) is 2.88. The lowest BCUT2D eigenvalue weighted by Crippen LogP contribution is -2.12. The third-order valence-electron chi connectivity index (χ3n) is 2.88. The van der Waals surface area contributed by atoms with E-state index in [-0.39, 0.29) is 17.8 Å². The van der Waals surface area contributed by atoms with Gasteiger partial charge in [-0.3, -0.25) is 4.79 Å². The fourth-order valence-electron chi connectivity index (χ4n) is 1.68. The molecule has 0 heterocycles. The van der Waals surface area contributed by atoms with Crippen molar-refractivity contribution in [1.82, 2.24) is 0 Å². The quantitative estimate of drug-likeness (QED) is 0.418. The Balaban J connectivity index is 2.18. The van der Waals surface area contributed by atoms with E-state index in [2.05, 4.69) is 44.2 Å². The highest BCUT2D eigenvalue weighted by atomic mass is 16.5. The van der Waals surface area contributed by atoms with Crippen molar-refractivity contribution in [3.05, 3.63) is 42.7 Å². The van der Waals surface area contributed by atoms with Crippen molar-refractivity contribution in [2.45, 2.75) is 32.6 Å². The predicted octanol–water partition coefficient (Wildman–Crippen LogP) is 3.46. The van der Waals surface area contributed by atoms with Crippen molar-refractivity contribution < 1.29 is 19.0 Å². The van der Waals surface area contributed by atoms with Gasteiger partial charge in [0.25, 0.3) is 0 Å². The summed E-state index contributed by atoms with van der Waals surface area (Å²) in [5.74, 6) is 0.473. The molecule has 0 aliphatic rings. The van der Waals surface area contributed by atoms with Crippen molar-refractivity contribution >= 4 is 5.97 Å². The Morgan fingerprint density at radius 1 is 1.14 bits per heavy atom. The van der Waals surface area contributed by atoms with E-state index >= 15 is 0 Å². The number of benzene rings is 1. The van der Waals surface area contributed by atoms with Crippen molar-refractivity contribution in [2.24, 2.45) is 0 Å². The van der Waals surface area contributed by atoms with Gasteiger partial charge in [0.15, 0.2) is 0 Å². The van der Waals surface area contributed by atoms with Crippen LogP contribution in [0, 0.1) is 0 Å². The van der Waals surface area contributed by atoms with Crippen molar-refractivity contribution in [3.63, 3.8) is 0 Å². The summed E-state index contributed by atoms with van der Waals surface area (Å²) < 4.78 is 15.4. The van der Waals surface area contributed by atoms with Gasteiger partial charge in [-0.1, -0.05) is 39.5 Å². The molecule has 4 nitrogen and oxygen atoms in total. The molecule has 0 fully saturated rings. The molecule has 0 bridgehead atoms. The first-order valence-electron chi connectivity index (χ1n) is 7.05. The van der Waals surface area contributed by atoms with Crippen LogP contribution in [0.2, 0.25) is 0 Å². The molecule has 0 aromatic heterocycles. The van der Waals surface area contributed by atoms with Crippen molar-refractivity contribution in [2.75, 3.05) is 19.8 Å². The van der Waals surface area contributed by atoms with Gasteiger partial charge < -0.3 is 14.2 Å². The van der Waals surface area contributed by atoms with E-state index in [1.807, 2.05) is 12.1 Å². The van der Waals surface area contributed by atoms with Crippen LogP contribution in [0.1, 0.15) is 32.8 Å². The summed E-state index contributed by atoms with van der Waals surface area (Å²) in [6.07, 6.45) is 1.33. The Labute approximate surface area is 126 Å². The van der Waals surface area contributed by atoms with Crippen LogP contribution in [-0.2, 0) is 19.7 Å². The minimum absolute atomic E-state index is 0.141. The fourth-order valence-corrected chi connectivity index (χ4v) is 1.68. The molecule has 0 aliphatic heterocycles. The van der Waals surface area contributed by atoms with E-state index in [9.17, 15) is 4.79 Å². The number of hydrogen-bond acceptors (Lipinski definition) is 4. The molecular weight excluding hydrogens is 268 g/mol. The average Bonchev–Trinajstić information content (AvgIpc) is 2.42. The smallest absolute Gasteiger partial charge is 0.312 e. The maximum absolute atomic E-state index is 11.0. The maximum Gasteiger partial charge on any atom is 0.312 e. The number of hydrogen-bond donors (Lipinski definition) is 0. The second-order valence-electron chi connectivity index (χ2n) is 5.64. The van der Waals surface area contributed by atoms with Crippen LogP contribution in [0.15, 0.2) is 37.1 Å². The first-order chi connectivity index (χ1) is 9.93. The Hall–Kier alpha value is -1.81. The lowest BCUT2D eigenvalue weighted by atomic mass is 9.87. The molecule has 0 spiro atoms. The molecule has 1 rings (SSSR count). The van der Waals surface area contributed by atoms with Gasteiger partial charge >= 0.3 is 5.97 Å². The van der Waals surface area contributed by atoms with E-state index in [0.29, 0.717) is 19.8 Å². The highest BCUT2D eigenvalue weighted by Gasteiger charge is 2.12. The number of carbonyl (C=O) groups excluding carboxylic acids is 1. The largest absolute Gasteiger partial charge is 0.491 e. The van der Waals surface area contributed by atoms with Gasteiger partial charge in [0.05, 0.1) is 25.9 Å². The molecule has 0 unspecified atom stereocenters. The van der Waals surface area contributed by atoms with E-state index in [0.717, 1.165) is 12.0 Å². The van der Waals surface area contributed by atoms with Crippen molar-refractivity contribution in [1.29, 1.82) is 0 Å². The zero-order chi connectivity index (χ0) is 15.7. The van der Waals surface area contributed by atoms with Gasteiger partial charge in [0, 0.05) is 0 Å². The minimum Gasteiger partial charge on any atom is -0.491 e. The van der Waals surface area contributed by atoms with E-state index in [4.69, 9.17) is 9.47 Å². The molecule has 4 heteroatoms. The van der Waals surface area contributed by atoms with Crippen molar-refractivity contribution in [3.8, 4) is 5.75 Å². The van der Waals surface area contributed by atoms with Gasteiger partial charge in [-0.05, 0) is 23.1 Å². The molecule has 0 saturated heterocycles. The molecule has 0 atom stereocenters. The van der Waals surface area contributed by atoms with E-state index < -0.39 is 0 Å². The van der Waals surface area contributed by atoms with Crippen LogP contribution in [0.25, 0.3) is 0 Å². The molecule has 1 aromatic rings. The third kappa shape index (κ3) is 6.95. The molecule has 0 amide bonds. The normalized spacial score (nSPS) is 11.0. The molecular formula is C17H24O4. The van der Waals surface area contributed by atoms with Gasteiger partial charge in [-0.2, -0.15) is 0 Å². The van der Waals surface area contributed by atoms with Gasteiger partial charge in [0.2, 0.25) is 0 Å². The standard InChI is InChI=1S/C17H24O4/c1-5-20-16(18)10-11-19-12-13-21-15-8-6-14(7-9-15)17(2,3)4/h5-9H,1,10-13H2,2-4H3. The van der Waals surface area contributed by atoms with E-state index in [1.165, 1.54) is 5.56 Å². The Morgan fingerprint density at radius 2 is 1.81 bits per heavy atom. The monoisotopic (exact) mass is 292 g/mol. The Morgan fingerprint density at radius 3 is 2.38 bits per heavy atom. The van der Waals surface area contributed by atoms with Crippen LogP contribution in [0.4, 0.5) is 0 Å². The molecule has 0 aliphatic carbocycles. The molecule has 0 N–H and O–H groups in total. The highest BCUT2D eigenvalue weighted by molar-refractivity contribution is 5.69. The Kier molecular flexibility index (Phi) is 6.96. The molecule has 1 aromatic carbocycles. The summed E-state index contributed by atoms with van der Waals surface area (Å²) in [4.78, 5) is 11.0. The van der Waals surface area contributed by atoms with Gasteiger partial charge in [-0.15, -0.1) is 0 Å².